The first-order valence-electron chi connectivity index (χ1n) is 8.39. The first-order chi connectivity index (χ1) is 12.0. The van der Waals surface area contributed by atoms with Gasteiger partial charge in [0, 0.05) is 19.6 Å². The molecule has 2 rings (SSSR count). The average molecular weight is 341 g/mol. The van der Waals surface area contributed by atoms with Gasteiger partial charge in [-0.25, -0.2) is 4.79 Å². The highest BCUT2D eigenvalue weighted by Gasteiger charge is 2.16. The van der Waals surface area contributed by atoms with Crippen LogP contribution < -0.4 is 10.1 Å². The molecule has 0 aliphatic carbocycles. The molecule has 0 aromatic heterocycles. The van der Waals surface area contributed by atoms with Crippen LogP contribution in [0.5, 0.6) is 5.75 Å². The molecule has 0 atom stereocenters. The Morgan fingerprint density at radius 2 is 1.80 bits per heavy atom. The van der Waals surface area contributed by atoms with Crippen molar-refractivity contribution < 1.29 is 9.53 Å². The largest absolute Gasteiger partial charge is 0.495 e. The first-order valence-corrected chi connectivity index (χ1v) is 8.39. The Kier molecular flexibility index (Phi) is 6.83. The first kappa shape index (κ1) is 18.8. The molecule has 0 unspecified atom stereocenters. The van der Waals surface area contributed by atoms with Crippen molar-refractivity contribution in [3.8, 4) is 5.75 Å². The van der Waals surface area contributed by atoms with Crippen molar-refractivity contribution in [1.82, 2.24) is 9.80 Å². The molecule has 2 aromatic carbocycles. The molecule has 0 heterocycles. The number of rotatable bonds is 7. The van der Waals surface area contributed by atoms with Gasteiger partial charge in [-0.05, 0) is 44.3 Å². The number of carbonyl (C=O) groups excluding carboxylic acids is 1. The fraction of sp³-hybridized carbons (Fsp3) is 0.350. The van der Waals surface area contributed by atoms with Crippen molar-refractivity contribution in [1.29, 1.82) is 0 Å². The molecule has 25 heavy (non-hydrogen) atoms. The van der Waals surface area contributed by atoms with Gasteiger partial charge in [-0.3, -0.25) is 0 Å². The molecule has 0 fully saturated rings. The van der Waals surface area contributed by atoms with Crippen LogP contribution in [0.3, 0.4) is 0 Å². The number of nitrogens with zero attached hydrogens (tertiary/aromatic N) is 2. The summed E-state index contributed by atoms with van der Waals surface area (Å²) in [5.41, 5.74) is 2.87. The number of hydrogen-bond donors (Lipinski definition) is 1. The zero-order valence-electron chi connectivity index (χ0n) is 15.5. The third kappa shape index (κ3) is 5.80. The Bertz CT molecular complexity index is 687. The topological polar surface area (TPSA) is 44.8 Å². The molecular formula is C20H27N3O2. The number of urea groups is 1. The molecule has 0 spiro atoms. The van der Waals surface area contributed by atoms with Gasteiger partial charge in [0.05, 0.1) is 12.8 Å². The molecule has 1 N–H and O–H groups in total. The van der Waals surface area contributed by atoms with E-state index >= 15 is 0 Å². The van der Waals surface area contributed by atoms with Crippen LogP contribution >= 0.6 is 0 Å². The van der Waals surface area contributed by atoms with Crippen LogP contribution in [0.4, 0.5) is 10.5 Å². The van der Waals surface area contributed by atoms with E-state index in [0.29, 0.717) is 24.5 Å². The summed E-state index contributed by atoms with van der Waals surface area (Å²) in [6, 6.07) is 15.6. The second-order valence-corrected chi connectivity index (χ2v) is 6.34. The van der Waals surface area contributed by atoms with E-state index in [0.717, 1.165) is 17.7 Å². The predicted octanol–water partition coefficient (Wildman–Crippen LogP) is 3.60. The predicted molar refractivity (Wildman–Crippen MR) is 102 cm³/mol. The van der Waals surface area contributed by atoms with E-state index in [1.807, 2.05) is 74.4 Å². The monoisotopic (exact) mass is 341 g/mol. The quantitative estimate of drug-likeness (QED) is 0.837. The third-order valence-electron chi connectivity index (χ3n) is 3.92. The molecule has 2 aromatic rings. The standard InChI is InChI=1S/C20H27N3O2/c1-16-10-11-18(19(14-16)25-4)21-20(24)23(13-12-22(2)3)15-17-8-6-5-7-9-17/h5-11,14H,12-13,15H2,1-4H3,(H,21,24). The van der Waals surface area contributed by atoms with Crippen LogP contribution in [0.15, 0.2) is 48.5 Å². The number of ether oxygens (including phenoxy) is 1. The summed E-state index contributed by atoms with van der Waals surface area (Å²) >= 11 is 0. The lowest BCUT2D eigenvalue weighted by Crippen LogP contribution is -2.39. The smallest absolute Gasteiger partial charge is 0.322 e. The highest BCUT2D eigenvalue weighted by molar-refractivity contribution is 5.91. The van der Waals surface area contributed by atoms with E-state index in [9.17, 15) is 4.79 Å². The molecular weight excluding hydrogens is 314 g/mol. The lowest BCUT2D eigenvalue weighted by molar-refractivity contribution is 0.202. The van der Waals surface area contributed by atoms with Gasteiger partial charge < -0.3 is 19.9 Å². The normalized spacial score (nSPS) is 10.6. The Balaban J connectivity index is 2.14. The molecule has 0 bridgehead atoms. The molecule has 5 heteroatoms. The molecule has 0 aliphatic heterocycles. The Hall–Kier alpha value is -2.53. The van der Waals surface area contributed by atoms with E-state index in [1.54, 1.807) is 7.11 Å². The maximum atomic E-state index is 12.8. The summed E-state index contributed by atoms with van der Waals surface area (Å²) in [6.45, 7) is 3.99. The lowest BCUT2D eigenvalue weighted by atomic mass is 10.2. The van der Waals surface area contributed by atoms with Gasteiger partial charge in [0.1, 0.15) is 5.75 Å². The van der Waals surface area contributed by atoms with E-state index < -0.39 is 0 Å². The maximum absolute atomic E-state index is 12.8. The SMILES string of the molecule is COc1cc(C)ccc1NC(=O)N(CCN(C)C)Cc1ccccc1. The summed E-state index contributed by atoms with van der Waals surface area (Å²) in [7, 11) is 5.61. The van der Waals surface area contributed by atoms with Crippen LogP contribution in [0.1, 0.15) is 11.1 Å². The van der Waals surface area contributed by atoms with Crippen molar-refractivity contribution in [2.45, 2.75) is 13.5 Å². The number of amides is 2. The van der Waals surface area contributed by atoms with E-state index in [1.165, 1.54) is 0 Å². The van der Waals surface area contributed by atoms with Crippen molar-refractivity contribution in [2.24, 2.45) is 0 Å². The molecule has 134 valence electrons. The number of anilines is 1. The Morgan fingerprint density at radius 1 is 1.08 bits per heavy atom. The highest BCUT2D eigenvalue weighted by atomic mass is 16.5. The minimum Gasteiger partial charge on any atom is -0.495 e. The summed E-state index contributed by atoms with van der Waals surface area (Å²) in [6.07, 6.45) is 0. The number of nitrogens with one attached hydrogen (secondary N) is 1. The number of likely N-dealkylation sites (N-methyl/N-ethyl adjacent to an activating group) is 1. The van der Waals surface area contributed by atoms with Crippen molar-refractivity contribution in [3.63, 3.8) is 0 Å². The van der Waals surface area contributed by atoms with Gasteiger partial charge in [-0.1, -0.05) is 36.4 Å². The van der Waals surface area contributed by atoms with Crippen LogP contribution in [0.25, 0.3) is 0 Å². The minimum atomic E-state index is -0.132. The van der Waals surface area contributed by atoms with Crippen molar-refractivity contribution >= 4 is 11.7 Å². The Labute approximate surface area is 150 Å². The van der Waals surface area contributed by atoms with E-state index in [-0.39, 0.29) is 6.03 Å². The van der Waals surface area contributed by atoms with Crippen LogP contribution in [0.2, 0.25) is 0 Å². The number of hydrogen-bond acceptors (Lipinski definition) is 3. The number of carbonyl (C=O) groups is 1. The average Bonchev–Trinajstić information content (AvgIpc) is 2.60. The van der Waals surface area contributed by atoms with Gasteiger partial charge in [0.15, 0.2) is 0 Å². The van der Waals surface area contributed by atoms with E-state index in [4.69, 9.17) is 4.74 Å². The Morgan fingerprint density at radius 3 is 2.44 bits per heavy atom. The second-order valence-electron chi connectivity index (χ2n) is 6.34. The highest BCUT2D eigenvalue weighted by Crippen LogP contribution is 2.25. The minimum absolute atomic E-state index is 0.132. The van der Waals surface area contributed by atoms with Gasteiger partial charge in [-0.15, -0.1) is 0 Å². The van der Waals surface area contributed by atoms with Gasteiger partial charge in [-0.2, -0.15) is 0 Å². The fourth-order valence-electron chi connectivity index (χ4n) is 2.47. The van der Waals surface area contributed by atoms with Gasteiger partial charge >= 0.3 is 6.03 Å². The molecule has 0 saturated carbocycles. The fourth-order valence-corrected chi connectivity index (χ4v) is 2.47. The molecule has 0 aliphatic rings. The van der Waals surface area contributed by atoms with Gasteiger partial charge in [0.2, 0.25) is 0 Å². The molecule has 2 amide bonds. The lowest BCUT2D eigenvalue weighted by Gasteiger charge is -2.25. The van der Waals surface area contributed by atoms with E-state index in [2.05, 4.69) is 10.2 Å². The van der Waals surface area contributed by atoms with Crippen LogP contribution in [0, 0.1) is 6.92 Å². The second kappa shape index (κ2) is 9.08. The van der Waals surface area contributed by atoms with Crippen molar-refractivity contribution in [2.75, 3.05) is 39.6 Å². The van der Waals surface area contributed by atoms with Crippen LogP contribution in [-0.2, 0) is 6.54 Å². The zero-order valence-corrected chi connectivity index (χ0v) is 15.5. The summed E-state index contributed by atoms with van der Waals surface area (Å²) in [5, 5.41) is 2.98. The summed E-state index contributed by atoms with van der Waals surface area (Å²) in [5.74, 6) is 0.667. The summed E-state index contributed by atoms with van der Waals surface area (Å²) < 4.78 is 5.38. The molecule has 0 saturated heterocycles. The number of methoxy groups -OCH3 is 1. The maximum Gasteiger partial charge on any atom is 0.322 e. The van der Waals surface area contributed by atoms with Crippen molar-refractivity contribution in [3.05, 3.63) is 59.7 Å². The molecule has 5 nitrogen and oxygen atoms in total. The summed E-state index contributed by atoms with van der Waals surface area (Å²) in [4.78, 5) is 16.7. The molecule has 0 radical (unpaired) electrons. The third-order valence-corrected chi connectivity index (χ3v) is 3.92. The number of benzene rings is 2. The number of aryl methyl sites for hydroxylation is 1. The van der Waals surface area contributed by atoms with Gasteiger partial charge in [0.25, 0.3) is 0 Å². The zero-order chi connectivity index (χ0) is 18.2. The van der Waals surface area contributed by atoms with Crippen LogP contribution in [-0.4, -0.2) is 50.1 Å².